The van der Waals surface area contributed by atoms with Gasteiger partial charge in [-0.2, -0.15) is 0 Å². The number of carbonyl (C=O) groups is 3. The highest BCUT2D eigenvalue weighted by atomic mass is 16.6. The molecule has 0 radical (unpaired) electrons. The van der Waals surface area contributed by atoms with Crippen molar-refractivity contribution >= 4 is 18.3 Å². The van der Waals surface area contributed by atoms with E-state index in [-0.39, 0.29) is 31.1 Å². The Bertz CT molecular complexity index is 636. The number of nitrogens with zero attached hydrogens (tertiary/aromatic N) is 2. The quantitative estimate of drug-likeness (QED) is 0.822. The van der Waals surface area contributed by atoms with Gasteiger partial charge in [0.25, 0.3) is 0 Å². The number of benzene rings is 1. The molecule has 2 N–H and O–H groups in total. The second-order valence-electron chi connectivity index (χ2n) is 6.56. The van der Waals surface area contributed by atoms with Gasteiger partial charge in [0.1, 0.15) is 18.9 Å². The number of rotatable bonds is 3. The highest BCUT2D eigenvalue weighted by Gasteiger charge is 2.41. The molecule has 0 spiro atoms. The number of ether oxygens (including phenoxy) is 1. The van der Waals surface area contributed by atoms with Crippen LogP contribution in [0.5, 0.6) is 0 Å². The van der Waals surface area contributed by atoms with E-state index >= 15 is 0 Å². The number of nitrogens with two attached hydrogens (primary N) is 1. The summed E-state index contributed by atoms with van der Waals surface area (Å²) in [5.74, 6) is -0.264. The molecule has 1 aromatic carbocycles. The summed E-state index contributed by atoms with van der Waals surface area (Å²) in [4.78, 5) is 39.2. The summed E-state index contributed by atoms with van der Waals surface area (Å²) in [5, 5.41) is 0. The van der Waals surface area contributed by atoms with Crippen LogP contribution in [0.4, 0.5) is 4.79 Å². The van der Waals surface area contributed by atoms with Gasteiger partial charge in [0, 0.05) is 19.1 Å². The van der Waals surface area contributed by atoms with Crippen LogP contribution in [-0.2, 0) is 20.9 Å². The van der Waals surface area contributed by atoms with Crippen molar-refractivity contribution in [2.24, 2.45) is 5.73 Å². The number of amides is 2. The van der Waals surface area contributed by atoms with Crippen LogP contribution >= 0.6 is 0 Å². The SMILES string of the molecule is N[C@H]1CN(C(=O)OCc2ccccc2)CC[C@H]2CC[C@@H](C=O)N2C1=O. The molecule has 2 aliphatic heterocycles. The highest BCUT2D eigenvalue weighted by molar-refractivity contribution is 5.86. The summed E-state index contributed by atoms with van der Waals surface area (Å²) in [6.45, 7) is 0.741. The van der Waals surface area contributed by atoms with E-state index in [4.69, 9.17) is 10.5 Å². The van der Waals surface area contributed by atoms with Crippen LogP contribution in [0.1, 0.15) is 24.8 Å². The predicted octanol–water partition coefficient (Wildman–Crippen LogP) is 0.915. The van der Waals surface area contributed by atoms with Gasteiger partial charge in [-0.1, -0.05) is 30.3 Å². The molecule has 7 nitrogen and oxygen atoms in total. The molecule has 2 heterocycles. The zero-order valence-corrected chi connectivity index (χ0v) is 14.0. The Morgan fingerprint density at radius 1 is 1.24 bits per heavy atom. The average molecular weight is 345 g/mol. The summed E-state index contributed by atoms with van der Waals surface area (Å²) in [7, 11) is 0. The van der Waals surface area contributed by atoms with Gasteiger partial charge in [-0.3, -0.25) is 4.79 Å². The molecule has 2 fully saturated rings. The van der Waals surface area contributed by atoms with Gasteiger partial charge in [0.05, 0.1) is 6.04 Å². The van der Waals surface area contributed by atoms with Gasteiger partial charge in [0.15, 0.2) is 0 Å². The smallest absolute Gasteiger partial charge is 0.410 e. The van der Waals surface area contributed by atoms with E-state index in [9.17, 15) is 14.4 Å². The zero-order valence-electron chi connectivity index (χ0n) is 14.0. The van der Waals surface area contributed by atoms with E-state index in [0.29, 0.717) is 19.4 Å². The van der Waals surface area contributed by atoms with Crippen molar-refractivity contribution in [1.82, 2.24) is 9.80 Å². The fourth-order valence-corrected chi connectivity index (χ4v) is 3.55. The summed E-state index contributed by atoms with van der Waals surface area (Å²) in [6.07, 6.45) is 2.40. The topological polar surface area (TPSA) is 92.9 Å². The molecule has 134 valence electrons. The van der Waals surface area contributed by atoms with Crippen LogP contribution in [0.15, 0.2) is 30.3 Å². The minimum atomic E-state index is -0.840. The molecule has 2 aliphatic rings. The molecule has 0 saturated carbocycles. The van der Waals surface area contributed by atoms with Crippen LogP contribution in [0.3, 0.4) is 0 Å². The van der Waals surface area contributed by atoms with Gasteiger partial charge in [0.2, 0.25) is 5.91 Å². The minimum absolute atomic E-state index is 0.0431. The Balaban J connectivity index is 1.63. The fraction of sp³-hybridized carbons (Fsp3) is 0.500. The standard InChI is InChI=1S/C18H23N3O4/c19-16-10-20(18(24)25-12-13-4-2-1-3-5-13)9-8-14-6-7-15(11-22)21(14)17(16)23/h1-5,11,14-16H,6-10,12,19H2/t14-,15+,16+/m1/s1. The third-order valence-electron chi connectivity index (χ3n) is 4.89. The van der Waals surface area contributed by atoms with Gasteiger partial charge in [-0.05, 0) is 24.8 Å². The number of hydrogen-bond acceptors (Lipinski definition) is 5. The maximum Gasteiger partial charge on any atom is 0.410 e. The van der Waals surface area contributed by atoms with Crippen molar-refractivity contribution in [2.75, 3.05) is 13.1 Å². The fourth-order valence-electron chi connectivity index (χ4n) is 3.55. The normalized spacial score (nSPS) is 26.6. The summed E-state index contributed by atoms with van der Waals surface area (Å²) in [5.41, 5.74) is 6.90. The van der Waals surface area contributed by atoms with E-state index in [1.54, 1.807) is 4.90 Å². The lowest BCUT2D eigenvalue weighted by atomic mass is 10.1. The first-order chi connectivity index (χ1) is 12.1. The minimum Gasteiger partial charge on any atom is -0.445 e. The molecular weight excluding hydrogens is 322 g/mol. The number of fused-ring (bicyclic) bond motifs is 1. The van der Waals surface area contributed by atoms with E-state index in [1.807, 2.05) is 30.3 Å². The molecule has 0 aliphatic carbocycles. The first-order valence-corrected chi connectivity index (χ1v) is 8.59. The first-order valence-electron chi connectivity index (χ1n) is 8.59. The monoisotopic (exact) mass is 345 g/mol. The van der Waals surface area contributed by atoms with Gasteiger partial charge < -0.3 is 25.1 Å². The molecule has 25 heavy (non-hydrogen) atoms. The van der Waals surface area contributed by atoms with Crippen molar-refractivity contribution in [3.05, 3.63) is 35.9 Å². The molecule has 0 bridgehead atoms. The van der Waals surface area contributed by atoms with Crippen molar-refractivity contribution in [3.63, 3.8) is 0 Å². The van der Waals surface area contributed by atoms with Gasteiger partial charge in [-0.15, -0.1) is 0 Å². The largest absolute Gasteiger partial charge is 0.445 e. The van der Waals surface area contributed by atoms with Crippen LogP contribution < -0.4 is 5.73 Å². The van der Waals surface area contributed by atoms with Crippen LogP contribution in [-0.4, -0.2) is 59.3 Å². The van der Waals surface area contributed by atoms with Gasteiger partial charge in [-0.25, -0.2) is 4.79 Å². The number of hydrogen-bond donors (Lipinski definition) is 1. The third kappa shape index (κ3) is 3.82. The zero-order chi connectivity index (χ0) is 17.8. The maximum absolute atomic E-state index is 12.6. The Kier molecular flexibility index (Phi) is 5.33. The number of aldehydes is 1. The van der Waals surface area contributed by atoms with Crippen molar-refractivity contribution in [1.29, 1.82) is 0 Å². The molecule has 0 aromatic heterocycles. The van der Waals surface area contributed by atoms with Crippen LogP contribution in [0.2, 0.25) is 0 Å². The van der Waals surface area contributed by atoms with Crippen molar-refractivity contribution in [2.45, 2.75) is 44.0 Å². The highest BCUT2D eigenvalue weighted by Crippen LogP contribution is 2.27. The van der Waals surface area contributed by atoms with E-state index in [0.717, 1.165) is 18.3 Å². The molecule has 3 atom stereocenters. The second kappa shape index (κ2) is 7.65. The van der Waals surface area contributed by atoms with E-state index in [1.165, 1.54) is 4.90 Å². The van der Waals surface area contributed by atoms with Crippen molar-refractivity contribution in [3.8, 4) is 0 Å². The first kappa shape index (κ1) is 17.4. The molecule has 1 aromatic rings. The molecule has 2 amide bonds. The Morgan fingerprint density at radius 2 is 2.00 bits per heavy atom. The molecular formula is C18H23N3O4. The third-order valence-corrected chi connectivity index (χ3v) is 4.89. The van der Waals surface area contributed by atoms with Crippen LogP contribution in [0, 0.1) is 0 Å². The molecule has 2 saturated heterocycles. The Hall–Kier alpha value is -2.41. The van der Waals surface area contributed by atoms with Crippen LogP contribution in [0.25, 0.3) is 0 Å². The lowest BCUT2D eigenvalue weighted by Gasteiger charge is -2.36. The average Bonchev–Trinajstić information content (AvgIpc) is 3.04. The van der Waals surface area contributed by atoms with Gasteiger partial charge >= 0.3 is 6.09 Å². The summed E-state index contributed by atoms with van der Waals surface area (Å²) in [6, 6.07) is 8.15. The van der Waals surface area contributed by atoms with Crippen molar-refractivity contribution < 1.29 is 19.1 Å². The Morgan fingerprint density at radius 3 is 2.72 bits per heavy atom. The second-order valence-corrected chi connectivity index (χ2v) is 6.56. The maximum atomic E-state index is 12.6. The summed E-state index contributed by atoms with van der Waals surface area (Å²) >= 11 is 0. The predicted molar refractivity (Wildman–Crippen MR) is 90.5 cm³/mol. The lowest BCUT2D eigenvalue weighted by molar-refractivity contribution is -0.139. The molecule has 3 rings (SSSR count). The number of carbonyl (C=O) groups excluding carboxylic acids is 3. The van der Waals surface area contributed by atoms with E-state index in [2.05, 4.69) is 0 Å². The molecule has 0 unspecified atom stereocenters. The summed E-state index contributed by atoms with van der Waals surface area (Å²) < 4.78 is 5.35. The molecule has 7 heteroatoms. The lowest BCUT2D eigenvalue weighted by Crippen LogP contribution is -2.57. The van der Waals surface area contributed by atoms with E-state index < -0.39 is 12.1 Å². The Labute approximate surface area is 146 Å².